The van der Waals surface area contributed by atoms with Crippen molar-refractivity contribution in [1.29, 1.82) is 0 Å². The number of likely N-dealkylation sites (N-methyl/N-ethyl adjacent to an activating group) is 1. The second kappa shape index (κ2) is 12.2. The first-order valence-corrected chi connectivity index (χ1v) is 15.5. The molecule has 0 saturated heterocycles. The number of ether oxygens (including phenoxy) is 3. The normalized spacial score (nSPS) is 18.5. The summed E-state index contributed by atoms with van der Waals surface area (Å²) in [6.07, 6.45) is -0.562. The van der Waals surface area contributed by atoms with Crippen LogP contribution >= 0.6 is 0 Å². The zero-order chi connectivity index (χ0) is 31.8. The molecule has 14 nitrogen and oxygen atoms in total. The SMILES string of the molecule is Cc1noc(C)c1S(=O)(=O)Nc1ccc2c(c1)C(=O)N([C@H](C)CO)C[C@@H](C)[C@@H](CN(C)C(=O)Nc1ccc3c(c1)OCO3)O2. The van der Waals surface area contributed by atoms with E-state index in [2.05, 4.69) is 15.2 Å². The number of rotatable bonds is 8. The van der Waals surface area contributed by atoms with Crippen LogP contribution in [-0.2, 0) is 10.0 Å². The van der Waals surface area contributed by atoms with Crippen LogP contribution in [0.1, 0.15) is 35.7 Å². The first-order valence-electron chi connectivity index (χ1n) is 14.0. The number of aromatic nitrogens is 1. The number of fused-ring (bicyclic) bond motifs is 2. The van der Waals surface area contributed by atoms with Crippen LogP contribution in [0.2, 0.25) is 0 Å². The van der Waals surface area contributed by atoms with Gasteiger partial charge in [-0.05, 0) is 51.1 Å². The Hall–Kier alpha value is -4.50. The molecule has 0 bridgehead atoms. The van der Waals surface area contributed by atoms with Crippen molar-refractivity contribution in [3.8, 4) is 17.2 Å². The number of aliphatic hydroxyl groups is 1. The molecule has 236 valence electrons. The maximum atomic E-state index is 13.8. The molecule has 3 aromatic rings. The van der Waals surface area contributed by atoms with E-state index in [1.165, 1.54) is 41.8 Å². The third-order valence-corrected chi connectivity index (χ3v) is 9.20. The summed E-state index contributed by atoms with van der Waals surface area (Å²) in [5, 5.41) is 16.5. The van der Waals surface area contributed by atoms with Crippen LogP contribution in [0.3, 0.4) is 0 Å². The van der Waals surface area contributed by atoms with Gasteiger partial charge in [0.1, 0.15) is 17.5 Å². The minimum atomic E-state index is -4.08. The van der Waals surface area contributed by atoms with Crippen molar-refractivity contribution >= 4 is 33.3 Å². The molecular weight excluding hydrogens is 594 g/mol. The molecule has 15 heteroatoms. The predicted octanol–water partition coefficient (Wildman–Crippen LogP) is 3.20. The lowest BCUT2D eigenvalue weighted by molar-refractivity contribution is 0.0371. The molecule has 3 amide bonds. The standard InChI is InChI=1S/C29H35N5O9S/c1-16-12-34(17(2)14-35)28(36)22-10-21(32-44(38,39)27-18(3)31-43-19(27)4)7-8-23(22)42-26(16)13-33(5)29(37)30-20-6-9-24-25(11-20)41-15-40-24/h6-11,16-17,26,32,35H,12-15H2,1-5H3,(H,30,37)/t16-,17-,26-/m1/s1. The number of nitrogens with zero attached hydrogens (tertiary/aromatic N) is 3. The van der Waals surface area contributed by atoms with Crippen LogP contribution in [0.25, 0.3) is 0 Å². The largest absolute Gasteiger partial charge is 0.487 e. The van der Waals surface area contributed by atoms with E-state index in [1.54, 1.807) is 32.2 Å². The molecule has 3 atom stereocenters. The fourth-order valence-corrected chi connectivity index (χ4v) is 6.50. The van der Waals surface area contributed by atoms with Crippen molar-refractivity contribution in [3.63, 3.8) is 0 Å². The molecule has 2 aliphatic heterocycles. The van der Waals surface area contributed by atoms with E-state index in [0.717, 1.165) is 0 Å². The highest BCUT2D eigenvalue weighted by Gasteiger charge is 2.35. The summed E-state index contributed by atoms with van der Waals surface area (Å²) in [5.41, 5.74) is 0.964. The lowest BCUT2D eigenvalue weighted by Crippen LogP contribution is -2.50. The molecule has 3 N–H and O–H groups in total. The Kier molecular flexibility index (Phi) is 8.61. The monoisotopic (exact) mass is 629 g/mol. The number of aliphatic hydroxyl groups excluding tert-OH is 1. The van der Waals surface area contributed by atoms with E-state index >= 15 is 0 Å². The van der Waals surface area contributed by atoms with Gasteiger partial charge in [0, 0.05) is 37.0 Å². The molecule has 5 rings (SSSR count). The zero-order valence-corrected chi connectivity index (χ0v) is 25.8. The second-order valence-corrected chi connectivity index (χ2v) is 12.6. The predicted molar refractivity (Wildman–Crippen MR) is 159 cm³/mol. The molecule has 0 unspecified atom stereocenters. The van der Waals surface area contributed by atoms with Crippen molar-refractivity contribution in [3.05, 3.63) is 53.4 Å². The van der Waals surface area contributed by atoms with Gasteiger partial charge in [-0.25, -0.2) is 13.2 Å². The first kappa shape index (κ1) is 30.9. The number of sulfonamides is 1. The molecular formula is C29H35N5O9S. The Labute approximate surface area is 254 Å². The Morgan fingerprint density at radius 3 is 2.55 bits per heavy atom. The maximum Gasteiger partial charge on any atom is 0.321 e. The summed E-state index contributed by atoms with van der Waals surface area (Å²) < 4.78 is 50.8. The van der Waals surface area contributed by atoms with E-state index in [9.17, 15) is 23.1 Å². The van der Waals surface area contributed by atoms with Gasteiger partial charge in [-0.3, -0.25) is 9.52 Å². The van der Waals surface area contributed by atoms with Crippen LogP contribution in [0, 0.1) is 19.8 Å². The summed E-state index contributed by atoms with van der Waals surface area (Å²) in [6.45, 7) is 6.85. The van der Waals surface area contributed by atoms with Gasteiger partial charge in [0.25, 0.3) is 15.9 Å². The van der Waals surface area contributed by atoms with Crippen LogP contribution in [0.15, 0.2) is 45.8 Å². The van der Waals surface area contributed by atoms with E-state index in [4.69, 9.17) is 18.7 Å². The first-order chi connectivity index (χ1) is 20.9. The lowest BCUT2D eigenvalue weighted by Gasteiger charge is -2.38. The lowest BCUT2D eigenvalue weighted by atomic mass is 9.99. The number of hydrogen-bond donors (Lipinski definition) is 3. The average molecular weight is 630 g/mol. The quantitative estimate of drug-likeness (QED) is 0.336. The van der Waals surface area contributed by atoms with Gasteiger partial charge in [0.05, 0.1) is 24.8 Å². The van der Waals surface area contributed by atoms with Gasteiger partial charge in [0.2, 0.25) is 6.79 Å². The van der Waals surface area contributed by atoms with Crippen LogP contribution in [-0.4, -0.2) is 86.1 Å². The number of hydrogen-bond acceptors (Lipinski definition) is 10. The minimum absolute atomic E-state index is 0.0849. The second-order valence-electron chi connectivity index (χ2n) is 11.0. The van der Waals surface area contributed by atoms with E-state index in [-0.39, 0.29) is 71.8 Å². The number of carbonyl (C=O) groups excluding carboxylic acids is 2. The van der Waals surface area contributed by atoms with Gasteiger partial charge in [-0.1, -0.05) is 12.1 Å². The topological polar surface area (TPSA) is 173 Å². The zero-order valence-electron chi connectivity index (χ0n) is 25.0. The Balaban J connectivity index is 1.39. The summed E-state index contributed by atoms with van der Waals surface area (Å²) in [7, 11) is -2.45. The van der Waals surface area contributed by atoms with Crippen molar-refractivity contribution in [1.82, 2.24) is 15.0 Å². The summed E-state index contributed by atoms with van der Waals surface area (Å²) in [5.74, 6) is 0.801. The van der Waals surface area contributed by atoms with E-state index < -0.39 is 28.1 Å². The van der Waals surface area contributed by atoms with Crippen molar-refractivity contribution in [2.75, 3.05) is 43.6 Å². The number of aryl methyl sites for hydroxylation is 2. The van der Waals surface area contributed by atoms with Gasteiger partial charge in [-0.2, -0.15) is 0 Å². The molecule has 0 radical (unpaired) electrons. The average Bonchev–Trinajstić information content (AvgIpc) is 3.59. The highest BCUT2D eigenvalue weighted by molar-refractivity contribution is 7.92. The summed E-state index contributed by atoms with van der Waals surface area (Å²) in [6, 6.07) is 8.57. The van der Waals surface area contributed by atoms with Crippen LogP contribution in [0.5, 0.6) is 17.2 Å². The molecule has 44 heavy (non-hydrogen) atoms. The fourth-order valence-electron chi connectivity index (χ4n) is 5.11. The molecule has 0 fully saturated rings. The molecule has 0 aliphatic carbocycles. The maximum absolute atomic E-state index is 13.8. The van der Waals surface area contributed by atoms with Gasteiger partial charge in [-0.15, -0.1) is 0 Å². The van der Waals surface area contributed by atoms with E-state index in [1.807, 2.05) is 6.92 Å². The third-order valence-electron chi connectivity index (χ3n) is 7.58. The summed E-state index contributed by atoms with van der Waals surface area (Å²) in [4.78, 5) is 29.8. The van der Waals surface area contributed by atoms with Crippen molar-refractivity contribution in [2.24, 2.45) is 5.92 Å². The van der Waals surface area contributed by atoms with Gasteiger partial charge in [0.15, 0.2) is 22.2 Å². The van der Waals surface area contributed by atoms with Gasteiger partial charge >= 0.3 is 6.03 Å². The van der Waals surface area contributed by atoms with E-state index in [0.29, 0.717) is 17.2 Å². The number of urea groups is 1. The highest BCUT2D eigenvalue weighted by Crippen LogP contribution is 2.35. The minimum Gasteiger partial charge on any atom is -0.487 e. The third kappa shape index (κ3) is 6.24. The van der Waals surface area contributed by atoms with Crippen molar-refractivity contribution in [2.45, 2.75) is 44.7 Å². The Bertz CT molecular complexity index is 1660. The van der Waals surface area contributed by atoms with Gasteiger partial charge < -0.3 is 39.0 Å². The molecule has 1 aromatic heterocycles. The number of benzene rings is 2. The number of amides is 3. The summed E-state index contributed by atoms with van der Waals surface area (Å²) >= 11 is 0. The molecule has 2 aliphatic rings. The smallest absolute Gasteiger partial charge is 0.321 e. The van der Waals surface area contributed by atoms with Crippen LogP contribution < -0.4 is 24.2 Å². The number of nitrogens with one attached hydrogen (secondary N) is 2. The highest BCUT2D eigenvalue weighted by atomic mass is 32.2. The Morgan fingerprint density at radius 2 is 1.84 bits per heavy atom. The molecule has 2 aromatic carbocycles. The molecule has 0 spiro atoms. The number of anilines is 2. The van der Waals surface area contributed by atoms with Crippen molar-refractivity contribution < 1.29 is 41.8 Å². The van der Waals surface area contributed by atoms with Crippen LogP contribution in [0.4, 0.5) is 16.2 Å². The number of carbonyl (C=O) groups is 2. The Morgan fingerprint density at radius 1 is 1.14 bits per heavy atom. The molecule has 3 heterocycles. The fraction of sp³-hybridized carbons (Fsp3) is 0.414. The molecule has 0 saturated carbocycles.